The van der Waals surface area contributed by atoms with E-state index < -0.39 is 0 Å². The molecule has 0 saturated carbocycles. The van der Waals surface area contributed by atoms with Crippen LogP contribution in [0.5, 0.6) is 0 Å². The topological polar surface area (TPSA) is 17.1 Å². The normalized spacial score (nSPS) is 24.2. The molecule has 1 fully saturated rings. The lowest BCUT2D eigenvalue weighted by Crippen LogP contribution is -2.25. The number of hydrogen-bond acceptors (Lipinski definition) is 3. The average molecular weight is 180 g/mol. The van der Waals surface area contributed by atoms with E-state index in [0.29, 0.717) is 0 Å². The second-order valence-electron chi connectivity index (χ2n) is 2.39. The van der Waals surface area contributed by atoms with Crippen LogP contribution >= 0.6 is 34.2 Å². The van der Waals surface area contributed by atoms with Crippen LogP contribution in [0, 0.1) is 5.41 Å². The van der Waals surface area contributed by atoms with Gasteiger partial charge in [-0.25, -0.2) is 0 Å². The van der Waals surface area contributed by atoms with Crippen LogP contribution in [0.25, 0.3) is 0 Å². The van der Waals surface area contributed by atoms with Gasteiger partial charge < -0.3 is 0 Å². The van der Waals surface area contributed by atoms with E-state index >= 15 is 0 Å². The van der Waals surface area contributed by atoms with Gasteiger partial charge in [0.2, 0.25) is 0 Å². The van der Waals surface area contributed by atoms with E-state index in [4.69, 9.17) is 0 Å². The van der Waals surface area contributed by atoms with Crippen molar-refractivity contribution in [3.05, 3.63) is 0 Å². The first-order chi connectivity index (χ1) is 4.15. The number of hydrogen-bond donors (Lipinski definition) is 1. The molecule has 9 heavy (non-hydrogen) atoms. The Balaban J connectivity index is 2.61. The van der Waals surface area contributed by atoms with E-state index in [1.165, 1.54) is 0 Å². The van der Waals surface area contributed by atoms with Gasteiger partial charge in [-0.1, -0.05) is 28.5 Å². The predicted octanol–water partition coefficient (Wildman–Crippen LogP) is 1.84. The Hall–Kier alpha value is 0.720. The van der Waals surface area contributed by atoms with Crippen LogP contribution in [0.4, 0.5) is 0 Å². The third-order valence-electron chi connectivity index (χ3n) is 1.35. The molecule has 0 radical (unpaired) electrons. The van der Waals surface area contributed by atoms with Gasteiger partial charge in [0.25, 0.3) is 0 Å². The molecule has 0 aromatic heterocycles. The zero-order chi connectivity index (χ0) is 6.91. The molecule has 0 amide bonds. The molecule has 0 aliphatic carbocycles. The maximum absolute atomic E-state index is 10.8. The summed E-state index contributed by atoms with van der Waals surface area (Å²) in [6, 6.07) is 0. The lowest BCUT2D eigenvalue weighted by molar-refractivity contribution is -0.116. The van der Waals surface area contributed by atoms with Crippen molar-refractivity contribution >= 4 is 39.3 Å². The van der Waals surface area contributed by atoms with Gasteiger partial charge in [0.15, 0.2) is 5.12 Å². The molecule has 1 heterocycles. The van der Waals surface area contributed by atoms with Crippen molar-refractivity contribution in [2.75, 3.05) is 11.5 Å². The molecule has 4 heteroatoms. The van der Waals surface area contributed by atoms with Crippen molar-refractivity contribution in [1.29, 1.82) is 0 Å². The van der Waals surface area contributed by atoms with Crippen LogP contribution in [0.15, 0.2) is 0 Å². The van der Waals surface area contributed by atoms with Crippen molar-refractivity contribution in [3.8, 4) is 0 Å². The standard InChI is InChI=1S/C5H8OS3/c1-5(4(6)7)2-8-9-3-5/h2-3H2,1H3,(H,6,7). The SMILES string of the molecule is CC1(C(=O)S)CSSC1. The Kier molecular flexibility index (Phi) is 2.40. The summed E-state index contributed by atoms with van der Waals surface area (Å²) in [5, 5.41) is 0.0278. The third-order valence-corrected chi connectivity index (χ3v) is 4.78. The molecule has 1 rings (SSSR count). The maximum atomic E-state index is 10.8. The lowest BCUT2D eigenvalue weighted by atomic mass is 9.98. The summed E-state index contributed by atoms with van der Waals surface area (Å²) in [7, 11) is 3.51. The minimum atomic E-state index is -0.154. The fourth-order valence-electron chi connectivity index (χ4n) is 0.509. The summed E-state index contributed by atoms with van der Waals surface area (Å²) in [6.45, 7) is 1.97. The van der Waals surface area contributed by atoms with Crippen molar-refractivity contribution < 1.29 is 4.79 Å². The highest BCUT2D eigenvalue weighted by Gasteiger charge is 2.35. The number of rotatable bonds is 1. The van der Waals surface area contributed by atoms with Crippen LogP contribution in [-0.2, 0) is 4.79 Å². The van der Waals surface area contributed by atoms with Gasteiger partial charge in [0, 0.05) is 11.5 Å². The van der Waals surface area contributed by atoms with Crippen LogP contribution in [0.3, 0.4) is 0 Å². The smallest absolute Gasteiger partial charge is 0.193 e. The zero-order valence-electron chi connectivity index (χ0n) is 5.09. The van der Waals surface area contributed by atoms with Crippen molar-refractivity contribution in [3.63, 3.8) is 0 Å². The van der Waals surface area contributed by atoms with Crippen LogP contribution < -0.4 is 0 Å². The van der Waals surface area contributed by atoms with E-state index in [1.54, 1.807) is 21.6 Å². The Morgan fingerprint density at radius 3 is 2.22 bits per heavy atom. The Morgan fingerprint density at radius 2 is 2.00 bits per heavy atom. The minimum Gasteiger partial charge on any atom is -0.287 e. The molecule has 0 bridgehead atoms. The second kappa shape index (κ2) is 2.76. The largest absolute Gasteiger partial charge is 0.287 e. The molecule has 1 saturated heterocycles. The summed E-state index contributed by atoms with van der Waals surface area (Å²) in [5.74, 6) is 1.83. The first-order valence-corrected chi connectivity index (χ1v) is 5.56. The van der Waals surface area contributed by atoms with Gasteiger partial charge in [-0.15, -0.1) is 12.6 Å². The molecule has 0 N–H and O–H groups in total. The number of carbonyl (C=O) groups is 1. The third kappa shape index (κ3) is 1.59. The number of carbonyl (C=O) groups excluding carboxylic acids is 1. The highest BCUT2D eigenvalue weighted by Crippen LogP contribution is 2.43. The fraction of sp³-hybridized carbons (Fsp3) is 0.800. The van der Waals surface area contributed by atoms with Gasteiger partial charge in [0.1, 0.15) is 0 Å². The molecular formula is C5H8OS3. The van der Waals surface area contributed by atoms with E-state index in [0.717, 1.165) is 11.5 Å². The van der Waals surface area contributed by atoms with Gasteiger partial charge in [-0.3, -0.25) is 4.79 Å². The second-order valence-corrected chi connectivity index (χ2v) is 5.26. The first-order valence-electron chi connectivity index (χ1n) is 2.63. The Bertz CT molecular complexity index is 128. The molecule has 1 aliphatic heterocycles. The molecule has 0 atom stereocenters. The van der Waals surface area contributed by atoms with Gasteiger partial charge in [-0.2, -0.15) is 0 Å². The zero-order valence-corrected chi connectivity index (χ0v) is 7.61. The average Bonchev–Trinajstić information content (AvgIpc) is 2.16. The van der Waals surface area contributed by atoms with Crippen molar-refractivity contribution in [1.82, 2.24) is 0 Å². The van der Waals surface area contributed by atoms with Crippen molar-refractivity contribution in [2.24, 2.45) is 5.41 Å². The Morgan fingerprint density at radius 1 is 1.56 bits per heavy atom. The quantitative estimate of drug-likeness (QED) is 0.490. The molecule has 0 aromatic rings. The summed E-state index contributed by atoms with van der Waals surface area (Å²) in [6.07, 6.45) is 0. The van der Waals surface area contributed by atoms with Crippen LogP contribution in [0.2, 0.25) is 0 Å². The van der Waals surface area contributed by atoms with E-state index in [-0.39, 0.29) is 10.5 Å². The predicted molar refractivity (Wildman–Crippen MR) is 47.0 cm³/mol. The molecule has 1 nitrogen and oxygen atoms in total. The van der Waals surface area contributed by atoms with E-state index in [9.17, 15) is 4.79 Å². The lowest BCUT2D eigenvalue weighted by Gasteiger charge is -2.14. The van der Waals surface area contributed by atoms with Crippen LogP contribution in [0.1, 0.15) is 6.92 Å². The van der Waals surface area contributed by atoms with E-state index in [1.807, 2.05) is 6.92 Å². The fourth-order valence-corrected chi connectivity index (χ4v) is 4.22. The molecule has 0 spiro atoms. The first kappa shape index (κ1) is 7.82. The van der Waals surface area contributed by atoms with Gasteiger partial charge >= 0.3 is 0 Å². The summed E-state index contributed by atoms with van der Waals surface area (Å²) < 4.78 is 0. The van der Waals surface area contributed by atoms with E-state index in [2.05, 4.69) is 12.6 Å². The van der Waals surface area contributed by atoms with Gasteiger partial charge in [0.05, 0.1) is 5.41 Å². The molecule has 52 valence electrons. The minimum absolute atomic E-state index is 0.0278. The highest BCUT2D eigenvalue weighted by atomic mass is 33.1. The summed E-state index contributed by atoms with van der Waals surface area (Å²) in [4.78, 5) is 10.8. The maximum Gasteiger partial charge on any atom is 0.193 e. The summed E-state index contributed by atoms with van der Waals surface area (Å²) >= 11 is 3.81. The molecule has 0 aromatic carbocycles. The number of thiol groups is 1. The molecular weight excluding hydrogens is 172 g/mol. The Labute approximate surface area is 68.2 Å². The molecule has 1 aliphatic rings. The van der Waals surface area contributed by atoms with Crippen LogP contribution in [-0.4, -0.2) is 16.6 Å². The monoisotopic (exact) mass is 180 g/mol. The highest BCUT2D eigenvalue weighted by molar-refractivity contribution is 8.77. The summed E-state index contributed by atoms with van der Waals surface area (Å²) in [5.41, 5.74) is -0.154. The van der Waals surface area contributed by atoms with Gasteiger partial charge in [-0.05, 0) is 0 Å². The van der Waals surface area contributed by atoms with Crippen molar-refractivity contribution in [2.45, 2.75) is 6.92 Å². The molecule has 0 unspecified atom stereocenters.